The highest BCUT2D eigenvalue weighted by atomic mass is 79.9. The van der Waals surface area contributed by atoms with Gasteiger partial charge in [-0.15, -0.1) is 0 Å². The first-order valence-electron chi connectivity index (χ1n) is 15.9. The number of aliphatic hydroxyl groups excluding tert-OH is 1. The molecule has 1 aromatic rings. The molecule has 46 heavy (non-hydrogen) atoms. The molecule has 0 radical (unpaired) electrons. The van der Waals surface area contributed by atoms with Crippen molar-refractivity contribution in [2.45, 2.75) is 81.9 Å². The monoisotopic (exact) mass is 701 g/mol. The van der Waals surface area contributed by atoms with Gasteiger partial charge in [-0.1, -0.05) is 58.4 Å². The largest absolute Gasteiger partial charge is 0.455 e. The van der Waals surface area contributed by atoms with Crippen LogP contribution in [0.2, 0.25) is 0 Å². The molecule has 7 atom stereocenters. The molecule has 2 N–H and O–H groups in total. The number of rotatable bonds is 7. The van der Waals surface area contributed by atoms with Crippen molar-refractivity contribution in [3.8, 4) is 0 Å². The molecule has 1 aromatic carbocycles. The van der Waals surface area contributed by atoms with E-state index >= 15 is 0 Å². The average molecular weight is 703 g/mol. The summed E-state index contributed by atoms with van der Waals surface area (Å²) >= 11 is 3.59. The highest BCUT2D eigenvalue weighted by molar-refractivity contribution is 9.11. The lowest BCUT2D eigenvalue weighted by molar-refractivity contribution is -0.162. The molecular weight excluding hydrogens is 658 g/mol. The third kappa shape index (κ3) is 6.41. The molecule has 11 nitrogen and oxygen atoms in total. The van der Waals surface area contributed by atoms with Crippen LogP contribution in [0.4, 0.5) is 0 Å². The zero-order valence-electron chi connectivity index (χ0n) is 26.8. The fourth-order valence-electron chi connectivity index (χ4n) is 7.15. The minimum absolute atomic E-state index is 0.0485. The predicted octanol–water partition coefficient (Wildman–Crippen LogP) is 3.02. The molecule has 1 spiro atoms. The lowest BCUT2D eigenvalue weighted by atomic mass is 9.74. The van der Waals surface area contributed by atoms with Gasteiger partial charge in [-0.25, -0.2) is 0 Å². The summed E-state index contributed by atoms with van der Waals surface area (Å²) in [5.41, 5.74) is -1.37. The number of benzene rings is 1. The molecule has 4 aliphatic rings. The van der Waals surface area contributed by atoms with Crippen molar-refractivity contribution in [1.82, 2.24) is 15.1 Å². The SMILES string of the molecule is COC[C@@H]1NC(=O)CC/C=C\CN(C(C)(C)C)C(=O)[C@H]2N(CCCCO)C(=O)[C@@H]3[C@@H](C(=O)O[C@H]1c1ccccc1)[C@@H]1O[C@@]32C=C1Br. The number of likely N-dealkylation sites (tertiary alicyclic amines) is 1. The molecule has 0 saturated carbocycles. The zero-order chi connectivity index (χ0) is 33.2. The fraction of sp³-hybridized carbons (Fsp3) is 0.588. The number of halogens is 1. The standard InChI is InChI=1S/C34H44BrN3O8/c1-33(2,3)38-17-10-6-9-15-24(40)36-23(20-44-4)27(21-13-7-5-8-14-21)45-32(43)25-26-30(41)37(16-11-12-18-39)29(31(38)42)34(26)19-22(35)28(25)46-34/h5-8,10,13-14,19,23,25-29,39H,9,11-12,15-18,20H2,1-4H3,(H,36,40)/b10-6-/t23-,25+,26-,27-,28+,29+,34-/m0/s1. The third-order valence-corrected chi connectivity index (χ3v) is 9.92. The van der Waals surface area contributed by atoms with Crippen LogP contribution in [-0.4, -0.2) is 101 Å². The van der Waals surface area contributed by atoms with E-state index in [0.29, 0.717) is 29.3 Å². The van der Waals surface area contributed by atoms with Crippen LogP contribution in [-0.2, 0) is 33.4 Å². The van der Waals surface area contributed by atoms with Gasteiger partial charge in [0, 0.05) is 43.2 Å². The first kappa shape index (κ1) is 34.3. The molecule has 4 heterocycles. The van der Waals surface area contributed by atoms with E-state index in [1.807, 2.05) is 63.3 Å². The molecule has 5 rings (SSSR count). The number of fused-ring (bicyclic) bond motifs is 2. The van der Waals surface area contributed by atoms with Gasteiger partial charge in [0.25, 0.3) is 0 Å². The van der Waals surface area contributed by atoms with Crippen LogP contribution in [0.3, 0.4) is 0 Å². The number of carbonyl (C=O) groups excluding carboxylic acids is 4. The summed E-state index contributed by atoms with van der Waals surface area (Å²) in [4.78, 5) is 59.8. The Morgan fingerprint density at radius 1 is 1.07 bits per heavy atom. The number of cyclic esters (lactones) is 1. The Kier molecular flexibility index (Phi) is 10.4. The topological polar surface area (TPSA) is 135 Å². The normalized spacial score (nSPS) is 32.7. The summed E-state index contributed by atoms with van der Waals surface area (Å²) in [6.07, 6.45) is 5.31. The van der Waals surface area contributed by atoms with Gasteiger partial charge < -0.3 is 34.4 Å². The van der Waals surface area contributed by atoms with Gasteiger partial charge in [0.15, 0.2) is 0 Å². The summed E-state index contributed by atoms with van der Waals surface area (Å²) in [6.45, 7) is 6.28. The second-order valence-corrected chi connectivity index (χ2v) is 14.2. The maximum absolute atomic E-state index is 14.7. The molecule has 2 saturated heterocycles. The van der Waals surface area contributed by atoms with E-state index in [1.54, 1.807) is 11.0 Å². The zero-order valence-corrected chi connectivity index (χ0v) is 28.4. The van der Waals surface area contributed by atoms with Crippen molar-refractivity contribution in [2.75, 3.05) is 33.4 Å². The number of hydrogen-bond acceptors (Lipinski definition) is 8. The van der Waals surface area contributed by atoms with E-state index in [-0.39, 0.29) is 50.4 Å². The van der Waals surface area contributed by atoms with Crippen molar-refractivity contribution >= 4 is 39.6 Å². The highest BCUT2D eigenvalue weighted by Gasteiger charge is 2.75. The van der Waals surface area contributed by atoms with Crippen LogP contribution in [0.15, 0.2) is 53.0 Å². The second kappa shape index (κ2) is 14.0. The molecule has 0 aliphatic carbocycles. The Balaban J connectivity index is 1.62. The van der Waals surface area contributed by atoms with Crippen molar-refractivity contribution in [3.63, 3.8) is 0 Å². The highest BCUT2D eigenvalue weighted by Crippen LogP contribution is 2.59. The van der Waals surface area contributed by atoms with Crippen molar-refractivity contribution in [3.05, 3.63) is 58.6 Å². The van der Waals surface area contributed by atoms with Crippen molar-refractivity contribution < 1.29 is 38.5 Å². The van der Waals surface area contributed by atoms with Gasteiger partial charge in [0.1, 0.15) is 29.8 Å². The fourth-order valence-corrected chi connectivity index (χ4v) is 7.88. The summed E-state index contributed by atoms with van der Waals surface area (Å²) < 4.78 is 18.9. The summed E-state index contributed by atoms with van der Waals surface area (Å²) in [5, 5.41) is 12.5. The molecule has 4 aliphatic heterocycles. The Hall–Kier alpha value is -3.06. The number of aliphatic hydroxyl groups is 1. The Labute approximate surface area is 278 Å². The maximum Gasteiger partial charge on any atom is 0.313 e. The van der Waals surface area contributed by atoms with Crippen LogP contribution in [0.25, 0.3) is 0 Å². The maximum atomic E-state index is 14.7. The van der Waals surface area contributed by atoms with Crippen LogP contribution in [0.1, 0.15) is 58.1 Å². The van der Waals surface area contributed by atoms with E-state index < -0.39 is 53.2 Å². The minimum Gasteiger partial charge on any atom is -0.455 e. The number of carbonyl (C=O) groups is 4. The van der Waals surface area contributed by atoms with E-state index in [0.717, 1.165) is 0 Å². The summed E-state index contributed by atoms with van der Waals surface area (Å²) in [5.74, 6) is -3.62. The van der Waals surface area contributed by atoms with Crippen molar-refractivity contribution in [1.29, 1.82) is 0 Å². The van der Waals surface area contributed by atoms with Crippen LogP contribution in [0, 0.1) is 11.8 Å². The second-order valence-electron chi connectivity index (χ2n) is 13.3. The number of ether oxygens (including phenoxy) is 3. The van der Waals surface area contributed by atoms with Crippen LogP contribution in [0.5, 0.6) is 0 Å². The Bertz CT molecular complexity index is 1380. The van der Waals surface area contributed by atoms with E-state index in [1.165, 1.54) is 12.0 Å². The van der Waals surface area contributed by atoms with Crippen LogP contribution < -0.4 is 5.32 Å². The van der Waals surface area contributed by atoms with Gasteiger partial charge in [-0.3, -0.25) is 19.2 Å². The van der Waals surface area contributed by atoms with E-state index in [4.69, 9.17) is 14.2 Å². The van der Waals surface area contributed by atoms with E-state index in [2.05, 4.69) is 21.2 Å². The molecule has 12 heteroatoms. The predicted molar refractivity (Wildman–Crippen MR) is 172 cm³/mol. The van der Waals surface area contributed by atoms with Gasteiger partial charge in [0.2, 0.25) is 17.7 Å². The van der Waals surface area contributed by atoms with Gasteiger partial charge in [-0.05, 0) is 51.7 Å². The number of allylic oxidation sites excluding steroid dienone is 1. The van der Waals surface area contributed by atoms with Gasteiger partial charge in [-0.2, -0.15) is 0 Å². The molecule has 5 bridgehead atoms. The average Bonchev–Trinajstić information content (AvgIpc) is 3.60. The lowest BCUT2D eigenvalue weighted by Crippen LogP contribution is -2.59. The minimum atomic E-state index is -1.40. The Morgan fingerprint density at radius 3 is 2.48 bits per heavy atom. The van der Waals surface area contributed by atoms with Crippen molar-refractivity contribution in [2.24, 2.45) is 11.8 Å². The number of amides is 3. The van der Waals surface area contributed by atoms with E-state index in [9.17, 15) is 24.3 Å². The summed E-state index contributed by atoms with van der Waals surface area (Å²) in [6, 6.07) is 7.36. The first-order chi connectivity index (χ1) is 21.9. The number of nitrogens with one attached hydrogen (secondary N) is 1. The first-order valence-corrected chi connectivity index (χ1v) is 16.7. The molecule has 0 aromatic heterocycles. The summed E-state index contributed by atoms with van der Waals surface area (Å²) in [7, 11) is 1.51. The molecular formula is C34H44BrN3O8. The Morgan fingerprint density at radius 2 is 1.80 bits per heavy atom. The quantitative estimate of drug-likeness (QED) is 0.252. The molecule has 2 fully saturated rings. The number of hydrogen-bond donors (Lipinski definition) is 2. The van der Waals surface area contributed by atoms with Crippen LogP contribution >= 0.6 is 15.9 Å². The molecule has 250 valence electrons. The number of esters is 1. The number of methoxy groups -OCH3 is 1. The molecule has 0 unspecified atom stereocenters. The molecule has 3 amide bonds. The number of unbranched alkanes of at least 4 members (excludes halogenated alkanes) is 1. The van der Waals surface area contributed by atoms with Gasteiger partial charge in [0.05, 0.1) is 18.6 Å². The third-order valence-electron chi connectivity index (χ3n) is 9.24. The lowest BCUT2D eigenvalue weighted by Gasteiger charge is -2.41. The number of nitrogens with zero attached hydrogens (tertiary/aromatic N) is 2. The van der Waals surface area contributed by atoms with Gasteiger partial charge >= 0.3 is 5.97 Å². The smallest absolute Gasteiger partial charge is 0.313 e.